The van der Waals surface area contributed by atoms with Crippen LogP contribution in [0.15, 0.2) is 61.1 Å². The third kappa shape index (κ3) is 5.30. The number of nitrogens with one attached hydrogen (secondary N) is 2. The van der Waals surface area contributed by atoms with Crippen molar-refractivity contribution in [2.24, 2.45) is 7.05 Å². The van der Waals surface area contributed by atoms with Gasteiger partial charge in [-0.05, 0) is 62.3 Å². The topological polar surface area (TPSA) is 86.2 Å². The van der Waals surface area contributed by atoms with E-state index in [4.69, 9.17) is 14.2 Å². The number of benzene rings is 2. The van der Waals surface area contributed by atoms with Gasteiger partial charge in [0, 0.05) is 47.8 Å². The molecule has 0 spiro atoms. The molecule has 0 radical (unpaired) electrons. The molecule has 192 valence electrons. The average Bonchev–Trinajstić information content (AvgIpc) is 3.52. The van der Waals surface area contributed by atoms with Gasteiger partial charge in [0.15, 0.2) is 6.29 Å². The van der Waals surface area contributed by atoms with Crippen molar-refractivity contribution in [2.75, 3.05) is 26.8 Å². The van der Waals surface area contributed by atoms with Gasteiger partial charge in [-0.1, -0.05) is 19.1 Å². The molecule has 2 N–H and O–H groups in total. The predicted molar refractivity (Wildman–Crippen MR) is 147 cm³/mol. The summed E-state index contributed by atoms with van der Waals surface area (Å²) in [5.74, 6) is 1.60. The maximum Gasteiger partial charge on any atom is 0.196 e. The van der Waals surface area contributed by atoms with E-state index in [9.17, 15) is 0 Å². The molecule has 0 bridgehead atoms. The van der Waals surface area contributed by atoms with E-state index in [1.165, 1.54) is 0 Å². The van der Waals surface area contributed by atoms with Crippen molar-refractivity contribution in [3.05, 3.63) is 61.1 Å². The Labute approximate surface area is 216 Å². The molecule has 3 aromatic heterocycles. The van der Waals surface area contributed by atoms with Crippen LogP contribution < -0.4 is 14.8 Å². The van der Waals surface area contributed by atoms with Gasteiger partial charge in [0.1, 0.15) is 11.5 Å². The monoisotopic (exact) mass is 499 g/mol. The maximum atomic E-state index is 6.22. The molecule has 5 aromatic rings. The van der Waals surface area contributed by atoms with Crippen molar-refractivity contribution < 1.29 is 14.2 Å². The summed E-state index contributed by atoms with van der Waals surface area (Å²) in [4.78, 5) is 8.20. The van der Waals surface area contributed by atoms with Gasteiger partial charge in [-0.2, -0.15) is 5.10 Å². The molecule has 1 atom stereocenters. The molecular weight excluding hydrogens is 466 g/mol. The second-order valence-corrected chi connectivity index (χ2v) is 9.01. The third-order valence-corrected chi connectivity index (χ3v) is 6.39. The van der Waals surface area contributed by atoms with Crippen LogP contribution in [0.25, 0.3) is 44.2 Å². The van der Waals surface area contributed by atoms with Crippen molar-refractivity contribution in [1.29, 1.82) is 0 Å². The molecule has 0 aliphatic rings. The Kier molecular flexibility index (Phi) is 7.39. The minimum atomic E-state index is -0.395. The zero-order chi connectivity index (χ0) is 25.8. The van der Waals surface area contributed by atoms with Crippen molar-refractivity contribution in [3.63, 3.8) is 0 Å². The van der Waals surface area contributed by atoms with Crippen LogP contribution in [-0.2, 0) is 11.8 Å². The Hall–Kier alpha value is -3.88. The summed E-state index contributed by atoms with van der Waals surface area (Å²) in [6, 6.07) is 14.3. The zero-order valence-corrected chi connectivity index (χ0v) is 21.7. The number of hydrogen-bond donors (Lipinski definition) is 2. The summed E-state index contributed by atoms with van der Waals surface area (Å²) >= 11 is 0. The first-order valence-corrected chi connectivity index (χ1v) is 12.6. The number of fused-ring (bicyclic) bond motifs is 3. The Morgan fingerprint density at radius 3 is 2.62 bits per heavy atom. The summed E-state index contributed by atoms with van der Waals surface area (Å²) < 4.78 is 19.4. The van der Waals surface area contributed by atoms with Gasteiger partial charge in [-0.3, -0.25) is 9.67 Å². The Bertz CT molecular complexity index is 1490. The van der Waals surface area contributed by atoms with Crippen molar-refractivity contribution in [1.82, 2.24) is 25.1 Å². The van der Waals surface area contributed by atoms with Gasteiger partial charge < -0.3 is 24.5 Å². The van der Waals surface area contributed by atoms with Gasteiger partial charge in [0.25, 0.3) is 0 Å². The molecule has 0 saturated carbocycles. The number of ether oxygens (including phenoxy) is 3. The number of rotatable bonds is 11. The highest BCUT2D eigenvalue weighted by molar-refractivity contribution is 6.16. The lowest BCUT2D eigenvalue weighted by Crippen LogP contribution is -2.16. The zero-order valence-electron chi connectivity index (χ0n) is 21.7. The number of aromatic nitrogens is 4. The molecule has 0 amide bonds. The van der Waals surface area contributed by atoms with E-state index in [-0.39, 0.29) is 0 Å². The summed E-state index contributed by atoms with van der Waals surface area (Å²) in [6.45, 7) is 6.59. The van der Waals surface area contributed by atoms with E-state index in [0.717, 1.165) is 75.2 Å². The number of H-pyrrole nitrogens is 1. The molecular formula is C29H33N5O3. The molecule has 3 heterocycles. The van der Waals surface area contributed by atoms with E-state index in [1.807, 2.05) is 56.8 Å². The van der Waals surface area contributed by atoms with Crippen molar-refractivity contribution >= 4 is 21.8 Å². The highest BCUT2D eigenvalue weighted by atomic mass is 16.7. The lowest BCUT2D eigenvalue weighted by atomic mass is 9.98. The second kappa shape index (κ2) is 11.0. The fraction of sp³-hybridized carbons (Fsp3) is 0.310. The van der Waals surface area contributed by atoms with Crippen molar-refractivity contribution in [2.45, 2.75) is 26.6 Å². The highest BCUT2D eigenvalue weighted by Crippen LogP contribution is 2.42. The fourth-order valence-corrected chi connectivity index (χ4v) is 4.48. The van der Waals surface area contributed by atoms with E-state index >= 15 is 0 Å². The summed E-state index contributed by atoms with van der Waals surface area (Å²) in [7, 11) is 3.55. The molecule has 8 nitrogen and oxygen atoms in total. The van der Waals surface area contributed by atoms with Crippen LogP contribution in [0, 0.1) is 0 Å². The minimum absolute atomic E-state index is 0.395. The number of nitrogens with zero attached hydrogens (tertiary/aromatic N) is 3. The van der Waals surface area contributed by atoms with Crippen LogP contribution in [0.1, 0.15) is 20.3 Å². The molecule has 37 heavy (non-hydrogen) atoms. The fourth-order valence-electron chi connectivity index (χ4n) is 4.48. The SMILES string of the molecule is CCNCCCOc1ccc(-c2c(OC(C)OC)ccc3[nH]c4cnc(-c5cnn(C)c5)cc4c23)cc1. The normalized spacial score (nSPS) is 12.3. The van der Waals surface area contributed by atoms with Gasteiger partial charge in [0.05, 0.1) is 30.2 Å². The highest BCUT2D eigenvalue weighted by Gasteiger charge is 2.19. The van der Waals surface area contributed by atoms with Crippen LogP contribution in [0.4, 0.5) is 0 Å². The van der Waals surface area contributed by atoms with Crippen LogP contribution in [0.3, 0.4) is 0 Å². The first-order valence-electron chi connectivity index (χ1n) is 12.6. The second-order valence-electron chi connectivity index (χ2n) is 9.01. The first kappa shape index (κ1) is 24.8. The largest absolute Gasteiger partial charge is 0.494 e. The van der Waals surface area contributed by atoms with Gasteiger partial charge in [0.2, 0.25) is 0 Å². The van der Waals surface area contributed by atoms with E-state index < -0.39 is 6.29 Å². The van der Waals surface area contributed by atoms with Crippen LogP contribution in [0.5, 0.6) is 11.5 Å². The average molecular weight is 500 g/mol. The van der Waals surface area contributed by atoms with E-state index in [1.54, 1.807) is 11.8 Å². The Balaban J connectivity index is 1.58. The van der Waals surface area contributed by atoms with Crippen LogP contribution in [0.2, 0.25) is 0 Å². The summed E-state index contributed by atoms with van der Waals surface area (Å²) in [5, 5.41) is 9.77. The Morgan fingerprint density at radius 2 is 1.89 bits per heavy atom. The smallest absolute Gasteiger partial charge is 0.196 e. The standard InChI is InChI=1S/C29H33N5O3/c1-5-30-13-6-14-36-22-9-7-20(8-10-22)28-27(37-19(2)35-4)12-11-24-29(28)23-15-25(31-17-26(23)33-24)21-16-32-34(3)18-21/h7-12,15-19,30,33H,5-6,13-14H2,1-4H3. The minimum Gasteiger partial charge on any atom is -0.494 e. The number of pyridine rings is 1. The number of hydrogen-bond acceptors (Lipinski definition) is 6. The van der Waals surface area contributed by atoms with Gasteiger partial charge in [-0.15, -0.1) is 0 Å². The lowest BCUT2D eigenvalue weighted by molar-refractivity contribution is -0.0378. The maximum absolute atomic E-state index is 6.22. The molecule has 1 unspecified atom stereocenters. The summed E-state index contributed by atoms with van der Waals surface area (Å²) in [5.41, 5.74) is 5.83. The number of methoxy groups -OCH3 is 1. The molecule has 0 aliphatic carbocycles. The van der Waals surface area contributed by atoms with Crippen LogP contribution >= 0.6 is 0 Å². The summed E-state index contributed by atoms with van der Waals surface area (Å²) in [6.07, 6.45) is 6.24. The van der Waals surface area contributed by atoms with E-state index in [0.29, 0.717) is 6.61 Å². The predicted octanol–water partition coefficient (Wildman–Crippen LogP) is 5.53. The van der Waals surface area contributed by atoms with Gasteiger partial charge in [-0.25, -0.2) is 0 Å². The quantitative estimate of drug-likeness (QED) is 0.184. The first-order chi connectivity index (χ1) is 18.1. The molecule has 0 fully saturated rings. The Morgan fingerprint density at radius 1 is 1.05 bits per heavy atom. The molecule has 0 aliphatic heterocycles. The number of aryl methyl sites for hydroxylation is 1. The molecule has 5 rings (SSSR count). The lowest BCUT2D eigenvalue weighted by Gasteiger charge is -2.18. The van der Waals surface area contributed by atoms with Crippen LogP contribution in [-0.4, -0.2) is 52.8 Å². The molecule has 2 aromatic carbocycles. The van der Waals surface area contributed by atoms with E-state index in [2.05, 4.69) is 45.5 Å². The van der Waals surface area contributed by atoms with Crippen molar-refractivity contribution in [3.8, 4) is 33.9 Å². The number of aromatic amines is 1. The molecule has 0 saturated heterocycles. The molecule has 8 heteroatoms. The third-order valence-electron chi connectivity index (χ3n) is 6.39. The van der Waals surface area contributed by atoms with Gasteiger partial charge >= 0.3 is 0 Å².